The van der Waals surface area contributed by atoms with Crippen LogP contribution in [0.15, 0.2) is 18.2 Å². The van der Waals surface area contributed by atoms with Crippen molar-refractivity contribution >= 4 is 0 Å². The normalized spacial score (nSPS) is 25.8. The predicted molar refractivity (Wildman–Crippen MR) is 67.9 cm³/mol. The Labute approximate surface area is 107 Å². The lowest BCUT2D eigenvalue weighted by molar-refractivity contribution is -0.0979. The van der Waals surface area contributed by atoms with Gasteiger partial charge < -0.3 is 15.2 Å². The minimum Gasteiger partial charge on any atom is -0.508 e. The predicted octanol–water partition coefficient (Wildman–Crippen LogP) is 2.43. The fourth-order valence-electron chi connectivity index (χ4n) is 2.61. The van der Waals surface area contributed by atoms with E-state index in [0.717, 1.165) is 18.1 Å². The molecule has 3 nitrogen and oxygen atoms in total. The van der Waals surface area contributed by atoms with Crippen molar-refractivity contribution in [3.8, 4) is 5.75 Å². The van der Waals surface area contributed by atoms with E-state index in [1.165, 1.54) is 6.07 Å². The molecule has 100 valence electrons. The highest BCUT2D eigenvalue weighted by Gasteiger charge is 2.48. The van der Waals surface area contributed by atoms with E-state index in [9.17, 15) is 9.50 Å². The Balaban J connectivity index is 1.93. The molecule has 2 unspecified atom stereocenters. The quantitative estimate of drug-likeness (QED) is 0.866. The average Bonchev–Trinajstić information content (AvgIpc) is 2.26. The van der Waals surface area contributed by atoms with Crippen LogP contribution < -0.4 is 5.32 Å². The minimum absolute atomic E-state index is 0.0329. The van der Waals surface area contributed by atoms with Crippen LogP contribution in [0, 0.1) is 11.2 Å². The van der Waals surface area contributed by atoms with Gasteiger partial charge in [-0.2, -0.15) is 0 Å². The van der Waals surface area contributed by atoms with Crippen molar-refractivity contribution in [2.45, 2.75) is 39.0 Å². The molecule has 18 heavy (non-hydrogen) atoms. The molecule has 0 aliphatic heterocycles. The number of phenolic OH excluding ortho intramolecular Hbond substituents is 1. The van der Waals surface area contributed by atoms with Gasteiger partial charge in [0, 0.05) is 31.2 Å². The summed E-state index contributed by atoms with van der Waals surface area (Å²) in [6.45, 7) is 4.87. The maximum atomic E-state index is 13.1. The molecule has 0 spiro atoms. The molecular formula is C14H20FNO2. The Morgan fingerprint density at radius 1 is 1.44 bits per heavy atom. The fourth-order valence-corrected chi connectivity index (χ4v) is 2.61. The van der Waals surface area contributed by atoms with Gasteiger partial charge in [0.25, 0.3) is 0 Å². The monoisotopic (exact) mass is 253 g/mol. The van der Waals surface area contributed by atoms with Gasteiger partial charge in [0.05, 0.1) is 6.10 Å². The van der Waals surface area contributed by atoms with E-state index >= 15 is 0 Å². The van der Waals surface area contributed by atoms with Gasteiger partial charge in [0.2, 0.25) is 0 Å². The highest BCUT2D eigenvalue weighted by atomic mass is 19.1. The summed E-state index contributed by atoms with van der Waals surface area (Å²) < 4.78 is 18.5. The summed E-state index contributed by atoms with van der Waals surface area (Å²) in [5.74, 6) is -0.441. The van der Waals surface area contributed by atoms with E-state index < -0.39 is 5.82 Å². The van der Waals surface area contributed by atoms with E-state index in [-0.39, 0.29) is 17.3 Å². The molecule has 0 radical (unpaired) electrons. The number of methoxy groups -OCH3 is 1. The van der Waals surface area contributed by atoms with Crippen molar-refractivity contribution < 1.29 is 14.2 Å². The van der Waals surface area contributed by atoms with E-state index in [4.69, 9.17) is 4.74 Å². The Morgan fingerprint density at radius 2 is 2.17 bits per heavy atom. The number of phenols is 1. The Hall–Kier alpha value is -1.13. The summed E-state index contributed by atoms with van der Waals surface area (Å²) in [6, 6.07) is 4.48. The van der Waals surface area contributed by atoms with Crippen LogP contribution in [0.25, 0.3) is 0 Å². The first-order valence-corrected chi connectivity index (χ1v) is 6.18. The van der Waals surface area contributed by atoms with Crippen LogP contribution in [-0.2, 0) is 11.3 Å². The van der Waals surface area contributed by atoms with E-state index in [2.05, 4.69) is 19.2 Å². The highest BCUT2D eigenvalue weighted by Crippen LogP contribution is 2.42. The van der Waals surface area contributed by atoms with Crippen LogP contribution in [0.4, 0.5) is 4.39 Å². The molecule has 0 aromatic heterocycles. The topological polar surface area (TPSA) is 41.5 Å². The minimum atomic E-state index is -0.408. The molecule has 1 aliphatic rings. The smallest absolute Gasteiger partial charge is 0.127 e. The van der Waals surface area contributed by atoms with Crippen molar-refractivity contribution in [3.63, 3.8) is 0 Å². The van der Waals surface area contributed by atoms with Gasteiger partial charge in [-0.25, -0.2) is 4.39 Å². The number of hydrogen-bond acceptors (Lipinski definition) is 3. The standard InChI is InChI=1S/C14H20FNO2/c1-14(2)12(7-13(14)18-3)16-8-9-4-10(15)6-11(17)5-9/h4-6,12-13,16-17H,7-8H2,1-3H3. The number of hydrogen-bond donors (Lipinski definition) is 2. The second-order valence-electron chi connectivity index (χ2n) is 5.53. The Morgan fingerprint density at radius 3 is 2.72 bits per heavy atom. The molecule has 2 N–H and O–H groups in total. The third kappa shape index (κ3) is 2.49. The number of halogens is 1. The molecule has 0 heterocycles. The molecule has 2 atom stereocenters. The van der Waals surface area contributed by atoms with E-state index in [0.29, 0.717) is 12.6 Å². The highest BCUT2D eigenvalue weighted by molar-refractivity contribution is 5.28. The maximum Gasteiger partial charge on any atom is 0.127 e. The third-order valence-corrected chi connectivity index (χ3v) is 3.96. The summed E-state index contributed by atoms with van der Waals surface area (Å²) in [4.78, 5) is 0. The number of rotatable bonds is 4. The molecular weight excluding hydrogens is 233 g/mol. The molecule has 1 aliphatic carbocycles. The molecule has 1 aromatic rings. The van der Waals surface area contributed by atoms with Gasteiger partial charge >= 0.3 is 0 Å². The molecule has 0 saturated heterocycles. The van der Waals surface area contributed by atoms with Crippen molar-refractivity contribution in [2.24, 2.45) is 5.41 Å². The van der Waals surface area contributed by atoms with Crippen LogP contribution in [0.1, 0.15) is 25.8 Å². The number of aromatic hydroxyl groups is 1. The summed E-state index contributed by atoms with van der Waals surface area (Å²) in [7, 11) is 1.73. The largest absolute Gasteiger partial charge is 0.508 e. The Bertz CT molecular complexity index is 414. The summed E-state index contributed by atoms with van der Waals surface area (Å²) in [6.07, 6.45) is 1.24. The van der Waals surface area contributed by atoms with Gasteiger partial charge in [-0.05, 0) is 24.1 Å². The molecule has 0 amide bonds. The molecule has 1 aromatic carbocycles. The molecule has 1 fully saturated rings. The van der Waals surface area contributed by atoms with Crippen LogP contribution >= 0.6 is 0 Å². The molecule has 0 bridgehead atoms. The zero-order valence-electron chi connectivity index (χ0n) is 11.0. The first-order valence-electron chi connectivity index (χ1n) is 6.18. The number of ether oxygens (including phenoxy) is 1. The van der Waals surface area contributed by atoms with E-state index in [1.54, 1.807) is 13.2 Å². The zero-order valence-corrected chi connectivity index (χ0v) is 11.0. The first kappa shape index (κ1) is 13.3. The molecule has 2 rings (SSSR count). The van der Waals surface area contributed by atoms with Gasteiger partial charge in [-0.1, -0.05) is 13.8 Å². The SMILES string of the molecule is COC1CC(NCc2cc(O)cc(F)c2)C1(C)C. The zero-order chi connectivity index (χ0) is 13.3. The lowest BCUT2D eigenvalue weighted by Crippen LogP contribution is -2.60. The van der Waals surface area contributed by atoms with Gasteiger partial charge in [0.15, 0.2) is 0 Å². The van der Waals surface area contributed by atoms with Crippen molar-refractivity contribution in [3.05, 3.63) is 29.6 Å². The maximum absolute atomic E-state index is 13.1. The van der Waals surface area contributed by atoms with Crippen molar-refractivity contribution in [1.29, 1.82) is 0 Å². The molecule has 4 heteroatoms. The van der Waals surface area contributed by atoms with E-state index in [1.807, 2.05) is 0 Å². The Kier molecular flexibility index (Phi) is 3.59. The van der Waals surface area contributed by atoms with Gasteiger partial charge in [0.1, 0.15) is 11.6 Å². The van der Waals surface area contributed by atoms with Crippen LogP contribution in [-0.4, -0.2) is 24.4 Å². The summed E-state index contributed by atoms with van der Waals surface area (Å²) >= 11 is 0. The fraction of sp³-hybridized carbons (Fsp3) is 0.571. The van der Waals surface area contributed by atoms with Gasteiger partial charge in [-0.3, -0.25) is 0 Å². The second-order valence-corrected chi connectivity index (χ2v) is 5.53. The van der Waals surface area contributed by atoms with Gasteiger partial charge in [-0.15, -0.1) is 0 Å². The summed E-state index contributed by atoms with van der Waals surface area (Å²) in [5, 5.41) is 12.7. The second kappa shape index (κ2) is 4.86. The van der Waals surface area contributed by atoms with Crippen LogP contribution in [0.3, 0.4) is 0 Å². The van der Waals surface area contributed by atoms with Crippen molar-refractivity contribution in [2.75, 3.05) is 7.11 Å². The lowest BCUT2D eigenvalue weighted by Gasteiger charge is -2.51. The number of benzene rings is 1. The third-order valence-electron chi connectivity index (χ3n) is 3.96. The summed E-state index contributed by atoms with van der Waals surface area (Å²) in [5.41, 5.74) is 0.841. The van der Waals surface area contributed by atoms with Crippen molar-refractivity contribution in [1.82, 2.24) is 5.32 Å². The lowest BCUT2D eigenvalue weighted by atomic mass is 9.64. The number of nitrogens with one attached hydrogen (secondary N) is 1. The first-order chi connectivity index (χ1) is 8.43. The average molecular weight is 253 g/mol. The van der Waals surface area contributed by atoms with Crippen LogP contribution in [0.5, 0.6) is 5.75 Å². The molecule has 1 saturated carbocycles. The van der Waals surface area contributed by atoms with Crippen LogP contribution in [0.2, 0.25) is 0 Å².